The second-order valence-corrected chi connectivity index (χ2v) is 5.49. The van der Waals surface area contributed by atoms with Crippen molar-refractivity contribution >= 4 is 0 Å². The summed E-state index contributed by atoms with van der Waals surface area (Å²) >= 11 is 0. The average molecular weight is 278 g/mol. The van der Waals surface area contributed by atoms with E-state index in [9.17, 15) is 0 Å². The Kier molecular flexibility index (Phi) is 22.5. The molecule has 0 aliphatic carbocycles. The maximum absolute atomic E-state index is 5.01. The molecule has 0 heterocycles. The zero-order valence-electron chi connectivity index (χ0n) is 14.9. The Morgan fingerprint density at radius 2 is 1.26 bits per heavy atom. The van der Waals surface area contributed by atoms with E-state index < -0.39 is 0 Å². The lowest BCUT2D eigenvalue weighted by Crippen LogP contribution is -2.11. The van der Waals surface area contributed by atoms with Crippen molar-refractivity contribution in [3.8, 4) is 0 Å². The van der Waals surface area contributed by atoms with Crippen LogP contribution in [0.25, 0.3) is 0 Å². The van der Waals surface area contributed by atoms with E-state index >= 15 is 0 Å². The first-order valence-electron chi connectivity index (χ1n) is 7.31. The Hall–Kier alpha value is -0.120. The van der Waals surface area contributed by atoms with Gasteiger partial charge in [-0.3, -0.25) is 0 Å². The molecule has 2 unspecified atom stereocenters. The van der Waals surface area contributed by atoms with Crippen molar-refractivity contribution in [1.29, 1.82) is 0 Å². The van der Waals surface area contributed by atoms with Gasteiger partial charge in [0.25, 0.3) is 0 Å². The van der Waals surface area contributed by atoms with Crippen LogP contribution < -0.4 is 0 Å². The molecule has 2 atom stereocenters. The van der Waals surface area contributed by atoms with E-state index in [1.165, 1.54) is 0 Å². The van der Waals surface area contributed by atoms with Crippen LogP contribution in [0.1, 0.15) is 54.9 Å². The van der Waals surface area contributed by atoms with Gasteiger partial charge in [0.15, 0.2) is 0 Å². The molecule has 0 aromatic rings. The maximum atomic E-state index is 5.01. The van der Waals surface area contributed by atoms with Gasteiger partial charge in [-0.1, -0.05) is 34.6 Å². The molecule has 0 aromatic carbocycles. The normalized spacial score (nSPS) is 13.3. The number of rotatable bonds is 6. The van der Waals surface area contributed by atoms with Gasteiger partial charge >= 0.3 is 0 Å². The molecule has 0 rings (SSSR count). The lowest BCUT2D eigenvalue weighted by Gasteiger charge is -2.11. The van der Waals surface area contributed by atoms with Gasteiger partial charge in [0.2, 0.25) is 0 Å². The van der Waals surface area contributed by atoms with Crippen LogP contribution in [0.4, 0.5) is 0 Å². The van der Waals surface area contributed by atoms with E-state index in [1.54, 1.807) is 21.3 Å². The third-order valence-corrected chi connectivity index (χ3v) is 2.79. The number of hydrogen-bond acceptors (Lipinski definition) is 3. The molecule has 0 aromatic heterocycles. The number of ether oxygens (including phenoxy) is 3. The van der Waals surface area contributed by atoms with Crippen molar-refractivity contribution in [3.63, 3.8) is 0 Å². The SMILES string of the molecule is CCC(C)OC.COC(C)C(C)C.COCC(C)C. The van der Waals surface area contributed by atoms with Gasteiger partial charge in [-0.15, -0.1) is 0 Å². The van der Waals surface area contributed by atoms with Crippen LogP contribution in [0.5, 0.6) is 0 Å². The molecule has 0 radical (unpaired) electrons. The summed E-state index contributed by atoms with van der Waals surface area (Å²) in [6, 6.07) is 0. The largest absolute Gasteiger partial charge is 0.384 e. The lowest BCUT2D eigenvalue weighted by molar-refractivity contribution is 0.0805. The summed E-state index contributed by atoms with van der Waals surface area (Å²) in [7, 11) is 5.19. The van der Waals surface area contributed by atoms with Crippen LogP contribution in [0.2, 0.25) is 0 Å². The summed E-state index contributed by atoms with van der Waals surface area (Å²) in [5, 5.41) is 0. The monoisotopic (exact) mass is 278 g/mol. The fourth-order valence-corrected chi connectivity index (χ4v) is 0.772. The quantitative estimate of drug-likeness (QED) is 0.721. The molecule has 0 saturated heterocycles. The van der Waals surface area contributed by atoms with Gasteiger partial charge in [0, 0.05) is 27.9 Å². The van der Waals surface area contributed by atoms with Crippen molar-refractivity contribution < 1.29 is 14.2 Å². The van der Waals surface area contributed by atoms with E-state index in [-0.39, 0.29) is 0 Å². The van der Waals surface area contributed by atoms with Crippen molar-refractivity contribution in [2.45, 2.75) is 67.1 Å². The molecular weight excluding hydrogens is 240 g/mol. The zero-order chi connectivity index (χ0) is 15.8. The molecule has 0 N–H and O–H groups in total. The highest BCUT2D eigenvalue weighted by molar-refractivity contribution is 4.51. The van der Waals surface area contributed by atoms with E-state index in [2.05, 4.69) is 48.5 Å². The van der Waals surface area contributed by atoms with Crippen molar-refractivity contribution in [2.24, 2.45) is 11.8 Å². The molecule has 3 nitrogen and oxygen atoms in total. The van der Waals surface area contributed by atoms with E-state index in [0.717, 1.165) is 13.0 Å². The first-order valence-corrected chi connectivity index (χ1v) is 7.31. The second-order valence-electron chi connectivity index (χ2n) is 5.49. The maximum Gasteiger partial charge on any atom is 0.0566 e. The van der Waals surface area contributed by atoms with Gasteiger partial charge in [-0.2, -0.15) is 0 Å². The predicted molar refractivity (Wildman–Crippen MR) is 84.8 cm³/mol. The highest BCUT2D eigenvalue weighted by atomic mass is 16.5. The lowest BCUT2D eigenvalue weighted by atomic mass is 10.1. The Morgan fingerprint density at radius 3 is 1.26 bits per heavy atom. The summed E-state index contributed by atoms with van der Waals surface area (Å²) in [5.74, 6) is 1.32. The fourth-order valence-electron chi connectivity index (χ4n) is 0.772. The molecule has 3 heteroatoms. The average Bonchev–Trinajstić information content (AvgIpc) is 2.37. The van der Waals surface area contributed by atoms with Gasteiger partial charge in [0.1, 0.15) is 0 Å². The zero-order valence-corrected chi connectivity index (χ0v) is 14.9. The van der Waals surface area contributed by atoms with Crippen LogP contribution in [-0.4, -0.2) is 40.1 Å². The summed E-state index contributed by atoms with van der Waals surface area (Å²) in [5.41, 5.74) is 0. The molecule has 0 amide bonds. The van der Waals surface area contributed by atoms with Crippen LogP contribution in [0.15, 0.2) is 0 Å². The van der Waals surface area contributed by atoms with Crippen molar-refractivity contribution in [2.75, 3.05) is 27.9 Å². The molecule has 0 aliphatic heterocycles. The van der Waals surface area contributed by atoms with Crippen molar-refractivity contribution in [1.82, 2.24) is 0 Å². The van der Waals surface area contributed by atoms with Crippen LogP contribution in [0, 0.1) is 11.8 Å². The molecule has 0 spiro atoms. The summed E-state index contributed by atoms with van der Waals surface area (Å²) in [6.07, 6.45) is 1.95. The van der Waals surface area contributed by atoms with Gasteiger partial charge in [0.05, 0.1) is 12.2 Å². The molecule has 120 valence electrons. The van der Waals surface area contributed by atoms with E-state index in [1.807, 2.05) is 0 Å². The molecule has 0 saturated carbocycles. The molecule has 0 aliphatic rings. The van der Waals surface area contributed by atoms with Crippen LogP contribution in [-0.2, 0) is 14.2 Å². The molecule has 19 heavy (non-hydrogen) atoms. The smallest absolute Gasteiger partial charge is 0.0566 e. The summed E-state index contributed by atoms with van der Waals surface area (Å²) in [6.45, 7) is 15.7. The van der Waals surface area contributed by atoms with E-state index in [0.29, 0.717) is 24.0 Å². The first-order chi connectivity index (χ1) is 8.76. The third-order valence-electron chi connectivity index (χ3n) is 2.79. The van der Waals surface area contributed by atoms with E-state index in [4.69, 9.17) is 14.2 Å². The van der Waals surface area contributed by atoms with Crippen molar-refractivity contribution in [3.05, 3.63) is 0 Å². The number of hydrogen-bond donors (Lipinski definition) is 0. The standard InChI is InChI=1S/C6H14O.2C5H12O/c1-5(2)6(3)7-4;1-5(2)4-6-3;1-4-5(2)6-3/h5-6H,1-4H3;2*5H,4H2,1-3H3. The Labute approximate surface area is 122 Å². The Morgan fingerprint density at radius 1 is 0.789 bits per heavy atom. The molecular formula is C16H38O3. The molecule has 0 fully saturated rings. The topological polar surface area (TPSA) is 27.7 Å². The minimum Gasteiger partial charge on any atom is -0.384 e. The highest BCUT2D eigenvalue weighted by Crippen LogP contribution is 2.01. The van der Waals surface area contributed by atoms with Crippen LogP contribution >= 0.6 is 0 Å². The minimum absolute atomic E-state index is 0.403. The van der Waals surface area contributed by atoms with Gasteiger partial charge < -0.3 is 14.2 Å². The predicted octanol–water partition coefficient (Wildman–Crippen LogP) is 4.40. The summed E-state index contributed by atoms with van der Waals surface area (Å²) in [4.78, 5) is 0. The molecule has 0 bridgehead atoms. The number of methoxy groups -OCH3 is 3. The Bertz CT molecular complexity index is 143. The summed E-state index contributed by atoms with van der Waals surface area (Å²) < 4.78 is 14.7. The fraction of sp³-hybridized carbons (Fsp3) is 1.00. The second kappa shape index (κ2) is 17.9. The highest BCUT2D eigenvalue weighted by Gasteiger charge is 2.01. The minimum atomic E-state index is 0.403. The van der Waals surface area contributed by atoms with Crippen LogP contribution in [0.3, 0.4) is 0 Å². The Balaban J connectivity index is -0.000000203. The first kappa shape index (κ1) is 23.9. The van der Waals surface area contributed by atoms with Gasteiger partial charge in [-0.25, -0.2) is 0 Å². The third kappa shape index (κ3) is 27.2. The van der Waals surface area contributed by atoms with Gasteiger partial charge in [-0.05, 0) is 32.1 Å².